The number of carbonyl (C=O) groups is 2. The number of alkyl halides is 3. The number of pyridine rings is 1. The van der Waals surface area contributed by atoms with Gasteiger partial charge in [-0.25, -0.2) is 9.78 Å². The maximum absolute atomic E-state index is 12.5. The molecule has 1 saturated heterocycles. The lowest BCUT2D eigenvalue weighted by molar-refractivity contribution is -0.148. The van der Waals surface area contributed by atoms with Gasteiger partial charge < -0.3 is 15.3 Å². The fourth-order valence-electron chi connectivity index (χ4n) is 2.48. The van der Waals surface area contributed by atoms with Gasteiger partial charge >= 0.3 is 12.1 Å². The lowest BCUT2D eigenvalue weighted by Crippen LogP contribution is -2.40. The second-order valence-corrected chi connectivity index (χ2v) is 5.72. The molecule has 2 N–H and O–H groups in total. The van der Waals surface area contributed by atoms with Gasteiger partial charge in [0, 0.05) is 25.7 Å². The zero-order valence-corrected chi connectivity index (χ0v) is 13.2. The Morgan fingerprint density at radius 1 is 1.46 bits per heavy atom. The summed E-state index contributed by atoms with van der Waals surface area (Å²) in [5, 5.41) is 11.5. The minimum absolute atomic E-state index is 0.0111. The molecule has 1 atom stereocenters. The number of rotatable bonds is 5. The quantitative estimate of drug-likeness (QED) is 0.838. The molecule has 24 heavy (non-hydrogen) atoms. The van der Waals surface area contributed by atoms with Crippen LogP contribution in [0.2, 0.25) is 5.02 Å². The number of anilines is 1. The smallest absolute Gasteiger partial charge is 0.417 e. The van der Waals surface area contributed by atoms with Gasteiger partial charge in [-0.3, -0.25) is 4.79 Å². The standard InChI is InChI=1S/C14H15ClF3N3O3/c15-9-6-8(14(16,17)18)7-20-12(9)19-4-3-11(22)21-5-1-2-10(21)13(23)24/h6-7,10H,1-5H2,(H,19,20)(H,23,24)/t10-/m1/s1. The summed E-state index contributed by atoms with van der Waals surface area (Å²) in [5.74, 6) is -1.34. The van der Waals surface area contributed by atoms with Crippen LogP contribution in [-0.4, -0.2) is 46.0 Å². The van der Waals surface area contributed by atoms with Gasteiger partial charge in [-0.2, -0.15) is 13.2 Å². The summed E-state index contributed by atoms with van der Waals surface area (Å²) in [5.41, 5.74) is -0.963. The second kappa shape index (κ2) is 7.25. The molecule has 0 spiro atoms. The van der Waals surface area contributed by atoms with Crippen LogP contribution >= 0.6 is 11.6 Å². The Labute approximate surface area is 140 Å². The maximum Gasteiger partial charge on any atom is 0.417 e. The molecule has 1 aromatic rings. The highest BCUT2D eigenvalue weighted by atomic mass is 35.5. The summed E-state index contributed by atoms with van der Waals surface area (Å²) in [6, 6.07) is -0.0649. The van der Waals surface area contributed by atoms with Crippen molar-refractivity contribution in [1.82, 2.24) is 9.88 Å². The SMILES string of the molecule is O=C(O)[C@H]1CCCN1C(=O)CCNc1ncc(C(F)(F)F)cc1Cl. The van der Waals surface area contributed by atoms with E-state index in [0.717, 1.165) is 6.07 Å². The molecule has 6 nitrogen and oxygen atoms in total. The Hall–Kier alpha value is -2.03. The molecule has 0 radical (unpaired) electrons. The van der Waals surface area contributed by atoms with Crippen LogP contribution in [-0.2, 0) is 15.8 Å². The molecule has 2 rings (SSSR count). The van der Waals surface area contributed by atoms with E-state index < -0.39 is 23.8 Å². The lowest BCUT2D eigenvalue weighted by Gasteiger charge is -2.21. The summed E-state index contributed by atoms with van der Waals surface area (Å²) >= 11 is 5.74. The van der Waals surface area contributed by atoms with Crippen LogP contribution in [0.4, 0.5) is 19.0 Å². The number of hydrogen-bond donors (Lipinski definition) is 2. The number of amides is 1. The predicted molar refractivity (Wildman–Crippen MR) is 79.7 cm³/mol. The molecule has 0 saturated carbocycles. The van der Waals surface area contributed by atoms with Crippen molar-refractivity contribution in [1.29, 1.82) is 0 Å². The van der Waals surface area contributed by atoms with Crippen LogP contribution in [0.25, 0.3) is 0 Å². The maximum atomic E-state index is 12.5. The van der Waals surface area contributed by atoms with Gasteiger partial charge in [-0.1, -0.05) is 11.6 Å². The zero-order valence-electron chi connectivity index (χ0n) is 12.4. The minimum Gasteiger partial charge on any atom is -0.480 e. The molecule has 1 aliphatic heterocycles. The fraction of sp³-hybridized carbons (Fsp3) is 0.500. The summed E-state index contributed by atoms with van der Waals surface area (Å²) in [6.07, 6.45) is -2.85. The number of carboxylic acid groups (broad SMARTS) is 1. The van der Waals surface area contributed by atoms with Crippen LogP contribution in [0.15, 0.2) is 12.3 Å². The van der Waals surface area contributed by atoms with E-state index in [0.29, 0.717) is 25.6 Å². The van der Waals surface area contributed by atoms with Crippen LogP contribution in [0.5, 0.6) is 0 Å². The molecule has 0 bridgehead atoms. The average molecular weight is 366 g/mol. The third-order valence-corrected chi connectivity index (χ3v) is 3.95. The third kappa shape index (κ3) is 4.28. The van der Waals surface area contributed by atoms with Gasteiger partial charge in [0.2, 0.25) is 5.91 Å². The monoisotopic (exact) mass is 365 g/mol. The van der Waals surface area contributed by atoms with E-state index in [1.54, 1.807) is 0 Å². The zero-order chi connectivity index (χ0) is 17.9. The first-order chi connectivity index (χ1) is 11.2. The molecule has 0 unspecified atom stereocenters. The highest BCUT2D eigenvalue weighted by Gasteiger charge is 2.33. The number of aliphatic carboxylic acids is 1. The second-order valence-electron chi connectivity index (χ2n) is 5.31. The molecule has 1 fully saturated rings. The van der Waals surface area contributed by atoms with Gasteiger partial charge in [-0.15, -0.1) is 0 Å². The number of carbonyl (C=O) groups excluding carboxylic acids is 1. The number of likely N-dealkylation sites (tertiary alicyclic amines) is 1. The normalized spacial score (nSPS) is 17.8. The van der Waals surface area contributed by atoms with Crippen molar-refractivity contribution in [3.63, 3.8) is 0 Å². The highest BCUT2D eigenvalue weighted by molar-refractivity contribution is 6.32. The summed E-state index contributed by atoms with van der Waals surface area (Å²) in [4.78, 5) is 28.0. The van der Waals surface area contributed by atoms with E-state index in [1.807, 2.05) is 0 Å². The Balaban J connectivity index is 1.90. The van der Waals surface area contributed by atoms with E-state index in [4.69, 9.17) is 16.7 Å². The molecule has 10 heteroatoms. The van der Waals surface area contributed by atoms with Gasteiger partial charge in [0.05, 0.1) is 10.6 Å². The number of nitrogens with one attached hydrogen (secondary N) is 1. The summed E-state index contributed by atoms with van der Waals surface area (Å²) in [6.45, 7) is 0.467. The molecule has 0 aliphatic carbocycles. The molecule has 0 aromatic carbocycles. The molecule has 2 heterocycles. The Kier molecular flexibility index (Phi) is 5.53. The van der Waals surface area contributed by atoms with Gasteiger partial charge in [0.15, 0.2) is 0 Å². The van der Waals surface area contributed by atoms with Crippen molar-refractivity contribution < 1.29 is 27.9 Å². The fourth-order valence-corrected chi connectivity index (χ4v) is 2.71. The van der Waals surface area contributed by atoms with Crippen LogP contribution < -0.4 is 5.32 Å². The molecule has 1 aliphatic rings. The van der Waals surface area contributed by atoms with Crippen molar-refractivity contribution >= 4 is 29.3 Å². The van der Waals surface area contributed by atoms with E-state index in [1.165, 1.54) is 4.90 Å². The first-order valence-electron chi connectivity index (χ1n) is 7.19. The van der Waals surface area contributed by atoms with E-state index >= 15 is 0 Å². The third-order valence-electron chi connectivity index (χ3n) is 3.66. The first kappa shape index (κ1) is 18.3. The van der Waals surface area contributed by atoms with Crippen LogP contribution in [0, 0.1) is 0 Å². The van der Waals surface area contributed by atoms with Crippen LogP contribution in [0.3, 0.4) is 0 Å². The van der Waals surface area contributed by atoms with Crippen molar-refractivity contribution in [3.8, 4) is 0 Å². The van der Waals surface area contributed by atoms with Gasteiger partial charge in [0.25, 0.3) is 0 Å². The Bertz CT molecular complexity index is 639. The number of carboxylic acids is 1. The number of halogens is 4. The molecular weight excluding hydrogens is 351 g/mol. The molecule has 1 amide bonds. The predicted octanol–water partition coefficient (Wildman–Crippen LogP) is 2.63. The van der Waals surface area contributed by atoms with Gasteiger partial charge in [0.1, 0.15) is 11.9 Å². The van der Waals surface area contributed by atoms with Crippen molar-refractivity contribution in [2.75, 3.05) is 18.4 Å². The van der Waals surface area contributed by atoms with E-state index in [2.05, 4.69) is 10.3 Å². The number of nitrogens with zero attached hydrogens (tertiary/aromatic N) is 2. The highest BCUT2D eigenvalue weighted by Crippen LogP contribution is 2.32. The molecule has 132 valence electrons. The first-order valence-corrected chi connectivity index (χ1v) is 7.57. The van der Waals surface area contributed by atoms with E-state index in [-0.39, 0.29) is 29.7 Å². The topological polar surface area (TPSA) is 82.5 Å². The summed E-state index contributed by atoms with van der Waals surface area (Å²) in [7, 11) is 0. The molecular formula is C14H15ClF3N3O3. The average Bonchev–Trinajstić information content (AvgIpc) is 2.97. The van der Waals surface area contributed by atoms with Crippen molar-refractivity contribution in [2.24, 2.45) is 0 Å². The molecule has 1 aromatic heterocycles. The summed E-state index contributed by atoms with van der Waals surface area (Å²) < 4.78 is 37.5. The van der Waals surface area contributed by atoms with Crippen molar-refractivity contribution in [3.05, 3.63) is 22.8 Å². The van der Waals surface area contributed by atoms with Gasteiger partial charge in [-0.05, 0) is 18.9 Å². The Morgan fingerprint density at radius 3 is 2.75 bits per heavy atom. The van der Waals surface area contributed by atoms with Crippen molar-refractivity contribution in [2.45, 2.75) is 31.5 Å². The lowest BCUT2D eigenvalue weighted by atomic mass is 10.2. The largest absolute Gasteiger partial charge is 0.480 e. The Morgan fingerprint density at radius 2 is 2.17 bits per heavy atom. The number of aromatic nitrogens is 1. The minimum atomic E-state index is -4.53. The van der Waals surface area contributed by atoms with Crippen LogP contribution in [0.1, 0.15) is 24.8 Å². The van der Waals surface area contributed by atoms with E-state index in [9.17, 15) is 22.8 Å². The number of hydrogen-bond acceptors (Lipinski definition) is 4.